The number of hydrogen-bond donors (Lipinski definition) is 1. The topological polar surface area (TPSA) is 43.8 Å². The molecule has 0 spiro atoms. The fourth-order valence-corrected chi connectivity index (χ4v) is 1.47. The second-order valence-electron chi connectivity index (χ2n) is 3.51. The van der Waals surface area contributed by atoms with Crippen molar-refractivity contribution < 1.29 is 0 Å². The SMILES string of the molecule is CCCn1cc(N)c(C2CC2)n1. The van der Waals surface area contributed by atoms with Crippen LogP contribution in [0.3, 0.4) is 0 Å². The van der Waals surface area contributed by atoms with Crippen molar-refractivity contribution in [3.8, 4) is 0 Å². The Bertz CT molecular complexity index is 273. The van der Waals surface area contributed by atoms with E-state index < -0.39 is 0 Å². The van der Waals surface area contributed by atoms with Crippen LogP contribution in [0.25, 0.3) is 0 Å². The summed E-state index contributed by atoms with van der Waals surface area (Å²) in [5.41, 5.74) is 7.84. The Morgan fingerprint density at radius 3 is 3.00 bits per heavy atom. The van der Waals surface area contributed by atoms with Crippen molar-refractivity contribution in [3.05, 3.63) is 11.9 Å². The van der Waals surface area contributed by atoms with E-state index in [1.165, 1.54) is 12.8 Å². The van der Waals surface area contributed by atoms with E-state index in [0.717, 1.165) is 24.3 Å². The molecule has 1 aromatic heterocycles. The van der Waals surface area contributed by atoms with Crippen molar-refractivity contribution in [1.82, 2.24) is 9.78 Å². The molecule has 1 heterocycles. The molecule has 0 atom stereocenters. The van der Waals surface area contributed by atoms with Crippen LogP contribution in [0.4, 0.5) is 5.69 Å². The maximum absolute atomic E-state index is 5.83. The second-order valence-corrected chi connectivity index (χ2v) is 3.51. The highest BCUT2D eigenvalue weighted by Gasteiger charge is 2.28. The van der Waals surface area contributed by atoms with Crippen molar-refractivity contribution >= 4 is 5.69 Å². The summed E-state index contributed by atoms with van der Waals surface area (Å²) in [6.07, 6.45) is 5.61. The quantitative estimate of drug-likeness (QED) is 0.741. The van der Waals surface area contributed by atoms with Crippen molar-refractivity contribution in [3.63, 3.8) is 0 Å². The van der Waals surface area contributed by atoms with Gasteiger partial charge in [-0.25, -0.2) is 0 Å². The number of aromatic nitrogens is 2. The van der Waals surface area contributed by atoms with Crippen molar-refractivity contribution in [2.75, 3.05) is 5.73 Å². The molecule has 1 aliphatic carbocycles. The highest BCUT2D eigenvalue weighted by atomic mass is 15.3. The van der Waals surface area contributed by atoms with E-state index in [1.807, 2.05) is 10.9 Å². The maximum atomic E-state index is 5.83. The summed E-state index contributed by atoms with van der Waals surface area (Å²) >= 11 is 0. The molecular weight excluding hydrogens is 150 g/mol. The molecule has 0 bridgehead atoms. The molecule has 1 aliphatic rings. The first-order valence-electron chi connectivity index (χ1n) is 4.64. The summed E-state index contributed by atoms with van der Waals surface area (Å²) in [6, 6.07) is 0. The average Bonchev–Trinajstić information content (AvgIpc) is 2.79. The third-order valence-corrected chi connectivity index (χ3v) is 2.24. The van der Waals surface area contributed by atoms with E-state index in [1.54, 1.807) is 0 Å². The predicted molar refractivity (Wildman–Crippen MR) is 48.9 cm³/mol. The van der Waals surface area contributed by atoms with Gasteiger partial charge in [0.15, 0.2) is 0 Å². The van der Waals surface area contributed by atoms with Crippen LogP contribution in [0.5, 0.6) is 0 Å². The van der Waals surface area contributed by atoms with Gasteiger partial charge in [0.1, 0.15) is 0 Å². The Morgan fingerprint density at radius 2 is 2.42 bits per heavy atom. The summed E-state index contributed by atoms with van der Waals surface area (Å²) in [7, 11) is 0. The molecule has 1 aromatic rings. The molecule has 1 fully saturated rings. The van der Waals surface area contributed by atoms with Gasteiger partial charge in [0, 0.05) is 18.7 Å². The molecule has 2 N–H and O–H groups in total. The predicted octanol–water partition coefficient (Wildman–Crippen LogP) is 1.75. The third-order valence-electron chi connectivity index (χ3n) is 2.24. The fraction of sp³-hybridized carbons (Fsp3) is 0.667. The van der Waals surface area contributed by atoms with Gasteiger partial charge in [-0.3, -0.25) is 4.68 Å². The Balaban J connectivity index is 2.18. The largest absolute Gasteiger partial charge is 0.396 e. The second kappa shape index (κ2) is 2.81. The van der Waals surface area contributed by atoms with Gasteiger partial charge in [-0.1, -0.05) is 6.92 Å². The Hall–Kier alpha value is -0.990. The van der Waals surface area contributed by atoms with Gasteiger partial charge < -0.3 is 5.73 Å². The van der Waals surface area contributed by atoms with Gasteiger partial charge >= 0.3 is 0 Å². The van der Waals surface area contributed by atoms with Gasteiger partial charge in [0.2, 0.25) is 0 Å². The maximum Gasteiger partial charge on any atom is 0.0884 e. The number of rotatable bonds is 3. The molecule has 0 aliphatic heterocycles. The average molecular weight is 165 g/mol. The third kappa shape index (κ3) is 1.31. The molecule has 0 unspecified atom stereocenters. The molecule has 0 radical (unpaired) electrons. The van der Waals surface area contributed by atoms with Gasteiger partial charge in [-0.15, -0.1) is 0 Å². The van der Waals surface area contributed by atoms with E-state index >= 15 is 0 Å². The summed E-state index contributed by atoms with van der Waals surface area (Å²) in [4.78, 5) is 0. The van der Waals surface area contributed by atoms with Crippen molar-refractivity contribution in [2.24, 2.45) is 0 Å². The lowest BCUT2D eigenvalue weighted by molar-refractivity contribution is 0.594. The molecule has 1 saturated carbocycles. The van der Waals surface area contributed by atoms with Gasteiger partial charge in [-0.2, -0.15) is 5.10 Å². The smallest absolute Gasteiger partial charge is 0.0884 e. The lowest BCUT2D eigenvalue weighted by Crippen LogP contribution is -1.97. The molecule has 0 aromatic carbocycles. The first-order valence-corrected chi connectivity index (χ1v) is 4.64. The molecule has 66 valence electrons. The lowest BCUT2D eigenvalue weighted by Gasteiger charge is -1.94. The number of nitrogen functional groups attached to an aromatic ring is 1. The Morgan fingerprint density at radius 1 is 1.67 bits per heavy atom. The minimum absolute atomic E-state index is 0.670. The monoisotopic (exact) mass is 165 g/mol. The van der Waals surface area contributed by atoms with E-state index in [4.69, 9.17) is 5.73 Å². The number of nitrogens with two attached hydrogens (primary N) is 1. The Labute approximate surface area is 72.6 Å². The molecule has 0 amide bonds. The zero-order chi connectivity index (χ0) is 8.55. The van der Waals surface area contributed by atoms with Crippen LogP contribution >= 0.6 is 0 Å². The first kappa shape index (κ1) is 7.65. The number of anilines is 1. The first-order chi connectivity index (χ1) is 5.81. The fourth-order valence-electron chi connectivity index (χ4n) is 1.47. The standard InChI is InChI=1S/C9H15N3/c1-2-5-12-6-8(10)9(11-12)7-3-4-7/h6-7H,2-5,10H2,1H3. The minimum atomic E-state index is 0.670. The molecule has 3 heteroatoms. The van der Waals surface area contributed by atoms with Gasteiger partial charge in [0.05, 0.1) is 11.4 Å². The normalized spacial score (nSPS) is 16.8. The highest BCUT2D eigenvalue weighted by molar-refractivity contribution is 5.44. The van der Waals surface area contributed by atoms with Crippen LogP contribution in [0.2, 0.25) is 0 Å². The molecule has 12 heavy (non-hydrogen) atoms. The van der Waals surface area contributed by atoms with Crippen LogP contribution in [0.1, 0.15) is 37.8 Å². The molecule has 2 rings (SSSR count). The van der Waals surface area contributed by atoms with Gasteiger partial charge in [-0.05, 0) is 19.3 Å². The zero-order valence-electron chi connectivity index (χ0n) is 7.45. The van der Waals surface area contributed by atoms with Gasteiger partial charge in [0.25, 0.3) is 0 Å². The molecule has 3 nitrogen and oxygen atoms in total. The van der Waals surface area contributed by atoms with Crippen LogP contribution in [0.15, 0.2) is 6.20 Å². The van der Waals surface area contributed by atoms with Crippen LogP contribution < -0.4 is 5.73 Å². The van der Waals surface area contributed by atoms with Crippen LogP contribution in [-0.4, -0.2) is 9.78 Å². The van der Waals surface area contributed by atoms with Crippen molar-refractivity contribution in [1.29, 1.82) is 0 Å². The summed E-state index contributed by atoms with van der Waals surface area (Å²) < 4.78 is 1.96. The Kier molecular flexibility index (Phi) is 1.79. The van der Waals surface area contributed by atoms with Crippen LogP contribution in [0, 0.1) is 0 Å². The number of aryl methyl sites for hydroxylation is 1. The van der Waals surface area contributed by atoms with E-state index in [9.17, 15) is 0 Å². The van der Waals surface area contributed by atoms with E-state index in [-0.39, 0.29) is 0 Å². The molecular formula is C9H15N3. The number of hydrogen-bond acceptors (Lipinski definition) is 2. The zero-order valence-corrected chi connectivity index (χ0v) is 7.45. The van der Waals surface area contributed by atoms with E-state index in [0.29, 0.717) is 5.92 Å². The lowest BCUT2D eigenvalue weighted by atomic mass is 10.3. The molecule has 0 saturated heterocycles. The summed E-state index contributed by atoms with van der Waals surface area (Å²) in [6.45, 7) is 3.13. The highest BCUT2D eigenvalue weighted by Crippen LogP contribution is 2.41. The van der Waals surface area contributed by atoms with Crippen LogP contribution in [-0.2, 0) is 6.54 Å². The minimum Gasteiger partial charge on any atom is -0.396 e. The van der Waals surface area contributed by atoms with E-state index in [2.05, 4.69) is 12.0 Å². The van der Waals surface area contributed by atoms with Crippen molar-refractivity contribution in [2.45, 2.75) is 38.6 Å². The summed E-state index contributed by atoms with van der Waals surface area (Å²) in [5.74, 6) is 0.670. The summed E-state index contributed by atoms with van der Waals surface area (Å²) in [5, 5.41) is 4.45. The number of nitrogens with zero attached hydrogens (tertiary/aromatic N) is 2.